The van der Waals surface area contributed by atoms with E-state index in [0.717, 1.165) is 0 Å². The van der Waals surface area contributed by atoms with E-state index in [1.165, 1.54) is 6.08 Å². The van der Waals surface area contributed by atoms with E-state index in [2.05, 4.69) is 17.2 Å². The van der Waals surface area contributed by atoms with Crippen LogP contribution in [0.3, 0.4) is 0 Å². The quantitative estimate of drug-likeness (QED) is 0.653. The summed E-state index contributed by atoms with van der Waals surface area (Å²) in [6.07, 6.45) is 1.48. The number of nitrogens with one attached hydrogen (secondary N) is 2. The second kappa shape index (κ2) is 6.04. The summed E-state index contributed by atoms with van der Waals surface area (Å²) in [5.41, 5.74) is 1.49. The fourth-order valence-electron chi connectivity index (χ4n) is 2.52. The Balaban J connectivity index is 1.97. The van der Waals surface area contributed by atoms with Gasteiger partial charge < -0.3 is 24.8 Å². The topological polar surface area (TPSA) is 85.9 Å². The van der Waals surface area contributed by atoms with Crippen LogP contribution in [-0.4, -0.2) is 25.4 Å². The van der Waals surface area contributed by atoms with Crippen LogP contribution >= 0.6 is 0 Å². The van der Waals surface area contributed by atoms with Crippen LogP contribution in [0.2, 0.25) is 0 Å². The first-order valence-electron chi connectivity index (χ1n) is 7.06. The van der Waals surface area contributed by atoms with Crippen molar-refractivity contribution in [3.63, 3.8) is 0 Å². The van der Waals surface area contributed by atoms with Crippen molar-refractivity contribution < 1.29 is 23.8 Å². The number of amides is 2. The lowest BCUT2D eigenvalue weighted by molar-refractivity contribution is -0.138. The lowest BCUT2D eigenvalue weighted by atomic mass is 9.95. The number of allylic oxidation sites excluding steroid dienone is 1. The number of benzene rings is 1. The van der Waals surface area contributed by atoms with E-state index in [0.29, 0.717) is 28.3 Å². The largest absolute Gasteiger partial charge is 0.458 e. The van der Waals surface area contributed by atoms with Crippen molar-refractivity contribution in [1.29, 1.82) is 0 Å². The Kier molecular flexibility index (Phi) is 3.92. The lowest BCUT2D eigenvalue weighted by Crippen LogP contribution is -2.45. The molecule has 0 spiro atoms. The molecule has 0 saturated carbocycles. The number of carbonyl (C=O) groups is 2. The molecule has 1 atom stereocenters. The van der Waals surface area contributed by atoms with Crippen LogP contribution in [0.25, 0.3) is 0 Å². The third-order valence-corrected chi connectivity index (χ3v) is 3.55. The summed E-state index contributed by atoms with van der Waals surface area (Å²) in [5, 5.41) is 5.32. The molecule has 2 amide bonds. The average molecular weight is 316 g/mol. The Morgan fingerprint density at radius 1 is 1.43 bits per heavy atom. The van der Waals surface area contributed by atoms with Crippen molar-refractivity contribution in [1.82, 2.24) is 10.6 Å². The van der Waals surface area contributed by atoms with Crippen molar-refractivity contribution in [3.05, 3.63) is 47.7 Å². The van der Waals surface area contributed by atoms with Gasteiger partial charge in [-0.25, -0.2) is 9.59 Å². The molecule has 0 saturated heterocycles. The molecule has 120 valence electrons. The number of urea groups is 1. The van der Waals surface area contributed by atoms with Crippen molar-refractivity contribution in [3.8, 4) is 11.5 Å². The van der Waals surface area contributed by atoms with E-state index in [9.17, 15) is 9.59 Å². The van der Waals surface area contributed by atoms with Gasteiger partial charge >= 0.3 is 12.0 Å². The predicted molar refractivity (Wildman–Crippen MR) is 80.8 cm³/mol. The maximum absolute atomic E-state index is 12.3. The van der Waals surface area contributed by atoms with Crippen molar-refractivity contribution >= 4 is 12.0 Å². The zero-order valence-corrected chi connectivity index (χ0v) is 12.5. The van der Waals surface area contributed by atoms with Gasteiger partial charge in [-0.15, -0.1) is 0 Å². The first-order chi connectivity index (χ1) is 11.1. The van der Waals surface area contributed by atoms with Crippen molar-refractivity contribution in [2.75, 3.05) is 13.4 Å². The molecule has 0 aliphatic carbocycles. The molecule has 23 heavy (non-hydrogen) atoms. The highest BCUT2D eigenvalue weighted by atomic mass is 16.7. The molecular weight excluding hydrogens is 300 g/mol. The molecule has 2 aliphatic heterocycles. The van der Waals surface area contributed by atoms with Crippen LogP contribution in [0.4, 0.5) is 4.79 Å². The monoisotopic (exact) mass is 316 g/mol. The third kappa shape index (κ3) is 2.85. The fraction of sp³-hybridized carbons (Fsp3) is 0.250. The molecule has 0 unspecified atom stereocenters. The molecule has 2 heterocycles. The predicted octanol–water partition coefficient (Wildman–Crippen LogP) is 1.77. The molecule has 7 nitrogen and oxygen atoms in total. The van der Waals surface area contributed by atoms with Crippen LogP contribution in [0.15, 0.2) is 42.1 Å². The zero-order valence-electron chi connectivity index (χ0n) is 12.5. The summed E-state index contributed by atoms with van der Waals surface area (Å²) in [5.74, 6) is 0.690. The molecule has 0 fully saturated rings. The van der Waals surface area contributed by atoms with E-state index >= 15 is 0 Å². The van der Waals surface area contributed by atoms with Gasteiger partial charge in [-0.3, -0.25) is 0 Å². The molecule has 1 aromatic rings. The summed E-state index contributed by atoms with van der Waals surface area (Å²) in [6, 6.07) is 4.25. The zero-order chi connectivity index (χ0) is 16.4. The van der Waals surface area contributed by atoms with Crippen LogP contribution in [0, 0.1) is 0 Å². The SMILES string of the molecule is C=CCOC(=O)C1=C(C)NC(=O)N[C@@H]1c1ccc2c(c1)OCO2. The molecular formula is C16H16N2O5. The van der Waals surface area contributed by atoms with Gasteiger partial charge in [0.2, 0.25) is 6.79 Å². The van der Waals surface area contributed by atoms with Gasteiger partial charge in [0, 0.05) is 5.70 Å². The third-order valence-electron chi connectivity index (χ3n) is 3.55. The summed E-state index contributed by atoms with van der Waals surface area (Å²) >= 11 is 0. The van der Waals surface area contributed by atoms with Gasteiger partial charge in [0.15, 0.2) is 11.5 Å². The van der Waals surface area contributed by atoms with Gasteiger partial charge in [0.1, 0.15) is 6.61 Å². The maximum atomic E-state index is 12.3. The van der Waals surface area contributed by atoms with Crippen LogP contribution in [-0.2, 0) is 9.53 Å². The first kappa shape index (κ1) is 15.0. The summed E-state index contributed by atoms with van der Waals surface area (Å²) < 4.78 is 15.7. The van der Waals surface area contributed by atoms with Crippen LogP contribution in [0.5, 0.6) is 11.5 Å². The first-order valence-corrected chi connectivity index (χ1v) is 7.06. The van der Waals surface area contributed by atoms with Crippen molar-refractivity contribution in [2.45, 2.75) is 13.0 Å². The van der Waals surface area contributed by atoms with Crippen LogP contribution < -0.4 is 20.1 Å². The smallest absolute Gasteiger partial charge is 0.338 e. The molecule has 2 N–H and O–H groups in total. The average Bonchev–Trinajstić information content (AvgIpc) is 2.99. The second-order valence-electron chi connectivity index (χ2n) is 5.07. The summed E-state index contributed by atoms with van der Waals surface area (Å²) in [7, 11) is 0. The standard InChI is InChI=1S/C16H16N2O5/c1-3-6-21-15(19)13-9(2)17-16(20)18-14(13)10-4-5-11-12(7-10)23-8-22-11/h3-5,7,14H,1,6,8H2,2H3,(H2,17,18,20)/t14-/m1/s1. The number of fused-ring (bicyclic) bond motifs is 1. The minimum absolute atomic E-state index is 0.0947. The second-order valence-corrected chi connectivity index (χ2v) is 5.07. The van der Waals surface area contributed by atoms with E-state index in [-0.39, 0.29) is 19.4 Å². The number of carbonyl (C=O) groups excluding carboxylic acids is 2. The molecule has 1 aromatic carbocycles. The summed E-state index contributed by atoms with van der Waals surface area (Å²) in [4.78, 5) is 24.1. The number of hydrogen-bond donors (Lipinski definition) is 2. The van der Waals surface area contributed by atoms with Gasteiger partial charge in [0.05, 0.1) is 11.6 Å². The van der Waals surface area contributed by atoms with E-state index in [4.69, 9.17) is 14.2 Å². The van der Waals surface area contributed by atoms with Crippen molar-refractivity contribution in [2.24, 2.45) is 0 Å². The Bertz CT molecular complexity index is 710. The van der Waals surface area contributed by atoms with Gasteiger partial charge in [0.25, 0.3) is 0 Å². The Hall–Kier alpha value is -2.96. The van der Waals surface area contributed by atoms with Gasteiger partial charge in [-0.1, -0.05) is 18.7 Å². The minimum atomic E-state index is -0.629. The number of rotatable bonds is 4. The molecule has 3 rings (SSSR count). The number of ether oxygens (including phenoxy) is 3. The van der Waals surface area contributed by atoms with Gasteiger partial charge in [-0.05, 0) is 24.6 Å². The Morgan fingerprint density at radius 3 is 3.00 bits per heavy atom. The van der Waals surface area contributed by atoms with Gasteiger partial charge in [-0.2, -0.15) is 0 Å². The molecule has 0 radical (unpaired) electrons. The molecule has 0 aromatic heterocycles. The maximum Gasteiger partial charge on any atom is 0.338 e. The Labute approximate surface area is 132 Å². The molecule has 7 heteroatoms. The molecule has 2 aliphatic rings. The van der Waals surface area contributed by atoms with E-state index in [1.54, 1.807) is 25.1 Å². The highest BCUT2D eigenvalue weighted by Gasteiger charge is 2.33. The number of hydrogen-bond acceptors (Lipinski definition) is 5. The lowest BCUT2D eigenvalue weighted by Gasteiger charge is -2.28. The normalized spacial score (nSPS) is 19.0. The highest BCUT2D eigenvalue weighted by Crippen LogP contribution is 2.36. The summed E-state index contributed by atoms with van der Waals surface area (Å²) in [6.45, 7) is 5.42. The van der Waals surface area contributed by atoms with Crippen LogP contribution in [0.1, 0.15) is 18.5 Å². The van der Waals surface area contributed by atoms with E-state index in [1.807, 2.05) is 0 Å². The number of esters is 1. The fourth-order valence-corrected chi connectivity index (χ4v) is 2.52. The Morgan fingerprint density at radius 2 is 2.22 bits per heavy atom. The van der Waals surface area contributed by atoms with E-state index < -0.39 is 12.0 Å². The minimum Gasteiger partial charge on any atom is -0.458 e. The highest BCUT2D eigenvalue weighted by molar-refractivity contribution is 5.95. The molecule has 0 bridgehead atoms.